The van der Waals surface area contributed by atoms with Crippen LogP contribution in [0.4, 0.5) is 48.3 Å². The van der Waals surface area contributed by atoms with Crippen LogP contribution in [0.2, 0.25) is 0 Å². The Morgan fingerprint density at radius 1 is 0.323 bits per heavy atom. The first-order valence-electron chi connectivity index (χ1n) is 20.0. The third-order valence-corrected chi connectivity index (χ3v) is 8.96. The van der Waals surface area contributed by atoms with Crippen molar-refractivity contribution in [2.75, 3.05) is 14.2 Å². The molecule has 13 heteroatoms. The summed E-state index contributed by atoms with van der Waals surface area (Å²) in [6.45, 7) is 23.0. The highest BCUT2D eigenvalue weighted by Crippen LogP contribution is 2.36. The minimum absolute atomic E-state index is 0.0721. The number of methoxy groups -OCH3 is 2. The molecule has 0 aliphatic carbocycles. The summed E-state index contributed by atoms with van der Waals surface area (Å²) >= 11 is 0. The topological polar surface area (TPSA) is 18.5 Å². The maximum Gasteiger partial charge on any atom is 0.416 e. The molecule has 0 aromatic heterocycles. The molecular formula is C52H57F11O2. The summed E-state index contributed by atoms with van der Waals surface area (Å²) in [5, 5.41) is 0. The third kappa shape index (κ3) is 19.8. The van der Waals surface area contributed by atoms with Crippen LogP contribution in [0, 0.1) is 112 Å². The molecule has 0 atom stereocenters. The van der Waals surface area contributed by atoms with Crippen molar-refractivity contribution in [2.24, 2.45) is 0 Å². The van der Waals surface area contributed by atoms with Crippen LogP contribution in [0.3, 0.4) is 0 Å². The Balaban J connectivity index is 0.000000394. The Hall–Kier alpha value is -5.85. The Labute approximate surface area is 376 Å². The molecular weight excluding hydrogens is 866 g/mol. The van der Waals surface area contributed by atoms with Crippen LogP contribution in [0.15, 0.2) is 91.0 Å². The molecule has 0 aliphatic rings. The quantitative estimate of drug-likeness (QED) is 0.0979. The van der Waals surface area contributed by atoms with Gasteiger partial charge in [0.25, 0.3) is 0 Å². The number of alkyl halides is 6. The van der Waals surface area contributed by atoms with Gasteiger partial charge in [-0.15, -0.1) is 0 Å². The van der Waals surface area contributed by atoms with E-state index in [-0.39, 0.29) is 11.6 Å². The van der Waals surface area contributed by atoms with Crippen molar-refractivity contribution in [3.63, 3.8) is 0 Å². The fourth-order valence-corrected chi connectivity index (χ4v) is 6.39. The second-order valence-electron chi connectivity index (χ2n) is 15.6. The van der Waals surface area contributed by atoms with E-state index < -0.39 is 58.1 Å². The zero-order chi connectivity index (χ0) is 50.1. The minimum Gasteiger partial charge on any atom is -0.497 e. The number of ether oxygens (including phenoxy) is 2. The van der Waals surface area contributed by atoms with E-state index in [1.807, 2.05) is 24.3 Å². The van der Waals surface area contributed by atoms with Gasteiger partial charge >= 0.3 is 12.4 Å². The molecule has 0 N–H and O–H groups in total. The summed E-state index contributed by atoms with van der Waals surface area (Å²) in [5.74, 6) is -7.60. The highest BCUT2D eigenvalue weighted by atomic mass is 19.4. The van der Waals surface area contributed by atoms with Crippen molar-refractivity contribution in [3.8, 4) is 11.5 Å². The predicted octanol–water partition coefficient (Wildman–Crippen LogP) is 16.6. The van der Waals surface area contributed by atoms with Crippen molar-refractivity contribution in [1.82, 2.24) is 0 Å². The van der Waals surface area contributed by atoms with E-state index in [2.05, 4.69) is 118 Å². The van der Waals surface area contributed by atoms with Crippen LogP contribution < -0.4 is 9.47 Å². The van der Waals surface area contributed by atoms with Crippen molar-refractivity contribution < 1.29 is 57.8 Å². The van der Waals surface area contributed by atoms with Gasteiger partial charge in [-0.1, -0.05) is 105 Å². The van der Waals surface area contributed by atoms with E-state index in [4.69, 9.17) is 9.47 Å². The van der Waals surface area contributed by atoms with E-state index in [1.165, 1.54) is 62.6 Å². The normalized spacial score (nSPS) is 10.5. The number of benzene rings is 6. The van der Waals surface area contributed by atoms with Crippen LogP contribution >= 0.6 is 0 Å². The molecule has 0 saturated heterocycles. The fourth-order valence-electron chi connectivity index (χ4n) is 6.39. The lowest BCUT2D eigenvalue weighted by Gasteiger charge is -2.12. The summed E-state index contributed by atoms with van der Waals surface area (Å²) in [4.78, 5) is 0. The van der Waals surface area contributed by atoms with Crippen LogP contribution in [0.5, 0.6) is 11.5 Å². The second-order valence-corrected chi connectivity index (χ2v) is 15.6. The number of rotatable bonds is 2. The lowest BCUT2D eigenvalue weighted by atomic mass is 10.1. The first-order valence-corrected chi connectivity index (χ1v) is 20.0. The number of hydrogen-bond donors (Lipinski definition) is 0. The Morgan fingerprint density at radius 3 is 0.877 bits per heavy atom. The van der Waals surface area contributed by atoms with E-state index >= 15 is 0 Å². The molecule has 6 aromatic rings. The fraction of sp³-hybridized carbons (Fsp3) is 0.308. The average Bonchev–Trinajstić information content (AvgIpc) is 3.18. The highest BCUT2D eigenvalue weighted by molar-refractivity contribution is 5.43. The van der Waals surface area contributed by atoms with Crippen LogP contribution in [0.1, 0.15) is 77.9 Å². The second kappa shape index (κ2) is 25.6. The van der Waals surface area contributed by atoms with E-state index in [0.717, 1.165) is 18.4 Å². The molecule has 0 fully saturated rings. The van der Waals surface area contributed by atoms with Crippen molar-refractivity contribution in [1.29, 1.82) is 0 Å². The molecule has 354 valence electrons. The first kappa shape index (κ1) is 57.2. The summed E-state index contributed by atoms with van der Waals surface area (Å²) in [5.41, 5.74) is 9.60. The predicted molar refractivity (Wildman–Crippen MR) is 238 cm³/mol. The van der Waals surface area contributed by atoms with E-state index in [9.17, 15) is 48.3 Å². The molecule has 0 bridgehead atoms. The molecule has 0 amide bonds. The smallest absolute Gasteiger partial charge is 0.416 e. The van der Waals surface area contributed by atoms with Crippen LogP contribution in [-0.4, -0.2) is 14.2 Å². The van der Waals surface area contributed by atoms with Crippen molar-refractivity contribution in [3.05, 3.63) is 198 Å². The summed E-state index contributed by atoms with van der Waals surface area (Å²) in [7, 11) is 3.38. The van der Waals surface area contributed by atoms with Gasteiger partial charge in [0, 0.05) is 5.56 Å². The maximum absolute atomic E-state index is 12.4. The molecule has 0 spiro atoms. The lowest BCUT2D eigenvalue weighted by molar-refractivity contribution is -0.143. The van der Waals surface area contributed by atoms with E-state index in [0.29, 0.717) is 12.1 Å². The monoisotopic (exact) mass is 922 g/mol. The molecule has 0 heterocycles. The Bertz CT molecular complexity index is 2140. The summed E-state index contributed by atoms with van der Waals surface area (Å²) in [6, 6.07) is 26.8. The van der Waals surface area contributed by atoms with Gasteiger partial charge in [0.05, 0.1) is 25.3 Å². The van der Waals surface area contributed by atoms with Gasteiger partial charge in [-0.3, -0.25) is 0 Å². The average molecular weight is 923 g/mol. The molecule has 0 aliphatic heterocycles. The van der Waals surface area contributed by atoms with Crippen molar-refractivity contribution >= 4 is 0 Å². The standard InChI is InChI=1S/C10H14O.C9H6F6.2C9H12.C8H10O.C7H3F5/c1-7-5-8(2)10(11-4)9(3)6-7;1-5-2-6(8(10,11)12)4-7(3-5)9(13,14)15;2*1-7-4-8(2)6-9(3)5-7;1-7-3-5-8(9-2)6-4-7;1-2-3(8)5(10)7(12)6(11)4(2)9/h5-6H,1-4H3;2-4H,1H3;2*4-6H,1-3H3;3-6H,1-2H3;1H3. The van der Waals surface area contributed by atoms with Gasteiger partial charge in [0.1, 0.15) is 11.5 Å². The number of hydrogen-bond acceptors (Lipinski definition) is 2. The van der Waals surface area contributed by atoms with Gasteiger partial charge in [-0.05, 0) is 130 Å². The van der Waals surface area contributed by atoms with Gasteiger partial charge in [0.2, 0.25) is 5.82 Å². The van der Waals surface area contributed by atoms with Gasteiger partial charge in [-0.2, -0.15) is 26.3 Å². The van der Waals surface area contributed by atoms with Gasteiger partial charge in [0.15, 0.2) is 23.3 Å². The zero-order valence-corrected chi connectivity index (χ0v) is 39.1. The molecule has 0 radical (unpaired) electrons. The Kier molecular flexibility index (Phi) is 22.5. The molecule has 2 nitrogen and oxygen atoms in total. The van der Waals surface area contributed by atoms with Gasteiger partial charge in [-0.25, -0.2) is 22.0 Å². The summed E-state index contributed by atoms with van der Waals surface area (Å²) < 4.78 is 145. The molecule has 0 saturated carbocycles. The number of halogens is 11. The SMILES string of the molecule is COc1c(C)cc(C)cc1C.COc1ccc(C)cc1.Cc1c(F)c(F)c(F)c(F)c1F.Cc1cc(C(F)(F)F)cc(C(F)(F)F)c1.Cc1cc(C)cc(C)c1.Cc1cc(C)cc(C)c1. The molecule has 65 heavy (non-hydrogen) atoms. The molecule has 6 aromatic carbocycles. The lowest BCUT2D eigenvalue weighted by Crippen LogP contribution is -2.11. The summed E-state index contributed by atoms with van der Waals surface area (Å²) in [6.07, 6.45) is -9.52. The van der Waals surface area contributed by atoms with E-state index in [1.54, 1.807) is 14.2 Å². The molecule has 0 unspecified atom stereocenters. The molecule has 6 rings (SSSR count). The van der Waals surface area contributed by atoms with Crippen LogP contribution in [0.25, 0.3) is 0 Å². The van der Waals surface area contributed by atoms with Gasteiger partial charge < -0.3 is 9.47 Å². The van der Waals surface area contributed by atoms with Crippen LogP contribution in [-0.2, 0) is 12.4 Å². The zero-order valence-electron chi connectivity index (χ0n) is 39.1. The third-order valence-electron chi connectivity index (χ3n) is 8.96. The Morgan fingerprint density at radius 2 is 0.600 bits per heavy atom. The number of aryl methyl sites for hydroxylation is 11. The largest absolute Gasteiger partial charge is 0.497 e. The minimum atomic E-state index is -4.76. The highest BCUT2D eigenvalue weighted by Gasteiger charge is 2.36. The van der Waals surface area contributed by atoms with Crippen molar-refractivity contribution in [2.45, 2.75) is 95.4 Å². The maximum atomic E-state index is 12.4. The first-order chi connectivity index (χ1) is 29.9.